The first-order valence-corrected chi connectivity index (χ1v) is 9.66. The number of rotatable bonds is 9. The first-order chi connectivity index (χ1) is 12.5. The molecular formula is C21H30O5. The van der Waals surface area contributed by atoms with Crippen molar-refractivity contribution in [1.29, 1.82) is 0 Å². The number of hydrogen-bond acceptors (Lipinski definition) is 4. The van der Waals surface area contributed by atoms with Crippen LogP contribution >= 0.6 is 0 Å². The van der Waals surface area contributed by atoms with Gasteiger partial charge < -0.3 is 14.6 Å². The maximum Gasteiger partial charge on any atom is 0.508 e. The summed E-state index contributed by atoms with van der Waals surface area (Å²) in [6, 6.07) is 7.71. The molecular weight excluding hydrogens is 332 g/mol. The summed E-state index contributed by atoms with van der Waals surface area (Å²) >= 11 is 0. The number of carbonyl (C=O) groups is 2. The van der Waals surface area contributed by atoms with Gasteiger partial charge in [-0.1, -0.05) is 44.0 Å². The fourth-order valence-corrected chi connectivity index (χ4v) is 3.44. The lowest BCUT2D eigenvalue weighted by Crippen LogP contribution is -2.24. The van der Waals surface area contributed by atoms with E-state index in [9.17, 15) is 9.59 Å². The van der Waals surface area contributed by atoms with E-state index in [1.54, 1.807) is 6.92 Å². The summed E-state index contributed by atoms with van der Waals surface area (Å²) in [5.41, 5.74) is 1.94. The lowest BCUT2D eigenvalue weighted by Gasteiger charge is -2.20. The zero-order valence-corrected chi connectivity index (χ0v) is 15.8. The van der Waals surface area contributed by atoms with Crippen molar-refractivity contribution >= 4 is 12.1 Å². The van der Waals surface area contributed by atoms with Gasteiger partial charge in [0, 0.05) is 5.92 Å². The van der Waals surface area contributed by atoms with Crippen LogP contribution in [0.3, 0.4) is 0 Å². The number of ether oxygens (including phenoxy) is 2. The maximum absolute atomic E-state index is 11.8. The van der Waals surface area contributed by atoms with E-state index in [1.165, 1.54) is 0 Å². The summed E-state index contributed by atoms with van der Waals surface area (Å²) in [5.74, 6) is -1.03. The molecule has 0 amide bonds. The number of aliphatic carboxylic acids is 1. The summed E-state index contributed by atoms with van der Waals surface area (Å²) < 4.78 is 10.7. The molecule has 1 saturated carbocycles. The Morgan fingerprint density at radius 3 is 2.58 bits per heavy atom. The highest BCUT2D eigenvalue weighted by molar-refractivity contribution is 5.75. The number of hydrogen-bond donors (Lipinski definition) is 1. The van der Waals surface area contributed by atoms with Gasteiger partial charge in [0.2, 0.25) is 0 Å². The second-order valence-corrected chi connectivity index (χ2v) is 7.16. The highest BCUT2D eigenvalue weighted by Gasteiger charge is 2.31. The Bertz CT molecular complexity index is 581. The van der Waals surface area contributed by atoms with E-state index in [0.29, 0.717) is 12.5 Å². The summed E-state index contributed by atoms with van der Waals surface area (Å²) in [6.45, 7) is 4.22. The Kier molecular flexibility index (Phi) is 7.95. The fraction of sp³-hybridized carbons (Fsp3) is 0.619. The molecule has 3 atom stereocenters. The van der Waals surface area contributed by atoms with Gasteiger partial charge in [0.15, 0.2) is 0 Å². The molecule has 0 heterocycles. The molecule has 0 spiro atoms. The van der Waals surface area contributed by atoms with Crippen molar-refractivity contribution in [2.75, 3.05) is 6.61 Å². The molecule has 1 N–H and O–H groups in total. The van der Waals surface area contributed by atoms with Gasteiger partial charge in [-0.05, 0) is 50.2 Å². The van der Waals surface area contributed by atoms with Crippen molar-refractivity contribution in [1.82, 2.24) is 0 Å². The van der Waals surface area contributed by atoms with Gasteiger partial charge in [0.1, 0.15) is 6.10 Å². The molecule has 1 aromatic rings. The van der Waals surface area contributed by atoms with Crippen LogP contribution in [0.2, 0.25) is 0 Å². The predicted octanol–water partition coefficient (Wildman–Crippen LogP) is 4.93. The Morgan fingerprint density at radius 2 is 1.92 bits per heavy atom. The summed E-state index contributed by atoms with van der Waals surface area (Å²) in [5, 5.41) is 9.08. The maximum atomic E-state index is 11.8. The van der Waals surface area contributed by atoms with Crippen LogP contribution in [0.1, 0.15) is 69.4 Å². The van der Waals surface area contributed by atoms with E-state index in [-0.39, 0.29) is 6.10 Å². The SMILES string of the molecule is CCCCCOC(=O)OC1CCC[C@@H]1Cc1ccc([C@H](C)C(=O)O)cc1. The molecule has 0 saturated heterocycles. The Labute approximate surface area is 155 Å². The molecule has 0 aromatic heterocycles. The third-order valence-corrected chi connectivity index (χ3v) is 5.15. The van der Waals surface area contributed by atoms with Gasteiger partial charge in [-0.3, -0.25) is 4.79 Å². The quantitative estimate of drug-likeness (QED) is 0.498. The van der Waals surface area contributed by atoms with Crippen LogP contribution in [0.15, 0.2) is 24.3 Å². The van der Waals surface area contributed by atoms with E-state index in [0.717, 1.165) is 56.1 Å². The number of carboxylic acids is 1. The van der Waals surface area contributed by atoms with Crippen LogP contribution in [-0.2, 0) is 20.7 Å². The number of unbranched alkanes of at least 4 members (excludes halogenated alkanes) is 2. The Hall–Kier alpha value is -2.04. The molecule has 26 heavy (non-hydrogen) atoms. The normalized spacial score (nSPS) is 20.5. The first-order valence-electron chi connectivity index (χ1n) is 9.66. The zero-order valence-electron chi connectivity index (χ0n) is 15.8. The van der Waals surface area contributed by atoms with Gasteiger partial charge in [0.05, 0.1) is 12.5 Å². The van der Waals surface area contributed by atoms with Crippen molar-refractivity contribution in [3.63, 3.8) is 0 Å². The number of carboxylic acid groups (broad SMARTS) is 1. The van der Waals surface area contributed by atoms with Crippen LogP contribution < -0.4 is 0 Å². The first kappa shape index (κ1) is 20.3. The zero-order chi connectivity index (χ0) is 18.9. The summed E-state index contributed by atoms with van der Waals surface area (Å²) in [7, 11) is 0. The molecule has 0 aliphatic heterocycles. The average molecular weight is 362 g/mol. The lowest BCUT2D eigenvalue weighted by atomic mass is 9.93. The van der Waals surface area contributed by atoms with Crippen molar-refractivity contribution in [2.45, 2.75) is 70.8 Å². The van der Waals surface area contributed by atoms with Crippen molar-refractivity contribution < 1.29 is 24.2 Å². The molecule has 1 aliphatic rings. The second kappa shape index (κ2) is 10.2. The topological polar surface area (TPSA) is 72.8 Å². The Morgan fingerprint density at radius 1 is 1.19 bits per heavy atom. The summed E-state index contributed by atoms with van der Waals surface area (Å²) in [6.07, 6.45) is 6.16. The van der Waals surface area contributed by atoms with Crippen LogP contribution in [0.25, 0.3) is 0 Å². The summed E-state index contributed by atoms with van der Waals surface area (Å²) in [4.78, 5) is 22.9. The second-order valence-electron chi connectivity index (χ2n) is 7.16. The van der Waals surface area contributed by atoms with Crippen molar-refractivity contribution in [3.8, 4) is 0 Å². The number of benzene rings is 1. The predicted molar refractivity (Wildman–Crippen MR) is 99.3 cm³/mol. The lowest BCUT2D eigenvalue weighted by molar-refractivity contribution is -0.138. The highest BCUT2D eigenvalue weighted by atomic mass is 16.7. The van der Waals surface area contributed by atoms with Crippen LogP contribution in [0, 0.1) is 5.92 Å². The molecule has 2 rings (SSSR count). The van der Waals surface area contributed by atoms with E-state index in [2.05, 4.69) is 6.92 Å². The van der Waals surface area contributed by atoms with Crippen LogP contribution in [0.5, 0.6) is 0 Å². The Balaban J connectivity index is 1.84. The molecule has 1 aromatic carbocycles. The molecule has 5 nitrogen and oxygen atoms in total. The molecule has 0 bridgehead atoms. The molecule has 1 fully saturated rings. The smallest absolute Gasteiger partial charge is 0.481 e. The minimum absolute atomic E-state index is 0.0914. The molecule has 0 radical (unpaired) electrons. The molecule has 144 valence electrons. The van der Waals surface area contributed by atoms with Crippen molar-refractivity contribution in [2.24, 2.45) is 5.92 Å². The molecule has 5 heteroatoms. The fourth-order valence-electron chi connectivity index (χ4n) is 3.44. The third kappa shape index (κ3) is 6.04. The standard InChI is InChI=1S/C21H30O5/c1-3-4-5-13-25-21(24)26-19-8-6-7-18(19)14-16-9-11-17(12-10-16)15(2)20(22)23/h9-12,15,18-19H,3-8,13-14H2,1-2H3,(H,22,23)/t15-,18+,19?/m0/s1. The van der Waals surface area contributed by atoms with Gasteiger partial charge in [-0.15, -0.1) is 0 Å². The average Bonchev–Trinajstić information content (AvgIpc) is 3.05. The third-order valence-electron chi connectivity index (χ3n) is 5.15. The van der Waals surface area contributed by atoms with Crippen LogP contribution in [-0.4, -0.2) is 29.9 Å². The number of carbonyl (C=O) groups excluding carboxylic acids is 1. The van der Waals surface area contributed by atoms with Gasteiger partial charge in [-0.25, -0.2) is 4.79 Å². The van der Waals surface area contributed by atoms with Crippen molar-refractivity contribution in [3.05, 3.63) is 35.4 Å². The highest BCUT2D eigenvalue weighted by Crippen LogP contribution is 2.32. The monoisotopic (exact) mass is 362 g/mol. The van der Waals surface area contributed by atoms with Gasteiger partial charge in [-0.2, -0.15) is 0 Å². The van der Waals surface area contributed by atoms with E-state index in [4.69, 9.17) is 14.6 Å². The molecule has 1 aliphatic carbocycles. The van der Waals surface area contributed by atoms with Gasteiger partial charge >= 0.3 is 12.1 Å². The minimum Gasteiger partial charge on any atom is -0.481 e. The van der Waals surface area contributed by atoms with E-state index >= 15 is 0 Å². The minimum atomic E-state index is -0.820. The van der Waals surface area contributed by atoms with Crippen LogP contribution in [0.4, 0.5) is 4.79 Å². The van der Waals surface area contributed by atoms with E-state index in [1.807, 2.05) is 24.3 Å². The largest absolute Gasteiger partial charge is 0.508 e. The van der Waals surface area contributed by atoms with Gasteiger partial charge in [0.25, 0.3) is 0 Å². The van der Waals surface area contributed by atoms with E-state index < -0.39 is 18.0 Å². The molecule has 1 unspecified atom stereocenters.